The molecule has 158 valence electrons. The smallest absolute Gasteiger partial charge is 0.246 e. The highest BCUT2D eigenvalue weighted by Crippen LogP contribution is 2.24. The number of hydrogen-bond donors (Lipinski definition) is 0. The van der Waals surface area contributed by atoms with E-state index in [0.717, 1.165) is 75.2 Å². The molecule has 2 saturated heterocycles. The Morgan fingerprint density at radius 1 is 1.17 bits per heavy atom. The van der Waals surface area contributed by atoms with Crippen LogP contribution in [0.15, 0.2) is 36.5 Å². The number of piperidine rings is 1. The number of likely N-dealkylation sites (tertiary alicyclic amines) is 1. The quantitative estimate of drug-likeness (QED) is 0.692. The van der Waals surface area contributed by atoms with Crippen molar-refractivity contribution in [3.63, 3.8) is 0 Å². The van der Waals surface area contributed by atoms with E-state index in [0.29, 0.717) is 18.9 Å². The third-order valence-corrected chi connectivity index (χ3v) is 6.24. The van der Waals surface area contributed by atoms with Crippen LogP contribution in [-0.2, 0) is 16.1 Å². The topological polar surface area (TPSA) is 61.5 Å². The predicted molar refractivity (Wildman–Crippen MR) is 118 cm³/mol. The third kappa shape index (κ3) is 4.92. The highest BCUT2D eigenvalue weighted by Gasteiger charge is 2.24. The largest absolute Gasteiger partial charge is 0.379 e. The van der Waals surface area contributed by atoms with Gasteiger partial charge < -0.3 is 14.2 Å². The molecule has 0 saturated carbocycles. The molecule has 2 fully saturated rings. The lowest BCUT2D eigenvalue weighted by Crippen LogP contribution is -2.43. The van der Waals surface area contributed by atoms with Crippen molar-refractivity contribution in [1.82, 2.24) is 14.4 Å². The molecular weight excluding hydrogens is 376 g/mol. The maximum Gasteiger partial charge on any atom is 0.246 e. The first-order chi connectivity index (χ1) is 14.7. The number of rotatable bonds is 6. The Kier molecular flexibility index (Phi) is 6.83. The summed E-state index contributed by atoms with van der Waals surface area (Å²) in [5.41, 5.74) is 2.13. The van der Waals surface area contributed by atoms with Crippen LogP contribution in [0.25, 0.3) is 17.0 Å². The van der Waals surface area contributed by atoms with Gasteiger partial charge in [-0.25, -0.2) is 0 Å². The third-order valence-electron chi connectivity index (χ3n) is 6.24. The molecule has 0 radical (unpaired) electrons. The monoisotopic (exact) mass is 406 g/mol. The van der Waals surface area contributed by atoms with E-state index in [1.54, 1.807) is 6.08 Å². The van der Waals surface area contributed by atoms with Gasteiger partial charge in [-0.1, -0.05) is 18.2 Å². The van der Waals surface area contributed by atoms with Gasteiger partial charge in [0.1, 0.15) is 0 Å². The van der Waals surface area contributed by atoms with Crippen LogP contribution in [0.3, 0.4) is 0 Å². The van der Waals surface area contributed by atoms with E-state index < -0.39 is 0 Å². The minimum atomic E-state index is 0.0914. The van der Waals surface area contributed by atoms with Gasteiger partial charge in [0.05, 0.1) is 25.7 Å². The summed E-state index contributed by atoms with van der Waals surface area (Å²) in [6.07, 6.45) is 8.29. The maximum absolute atomic E-state index is 12.7. The zero-order chi connectivity index (χ0) is 20.8. The standard InChI is InChI=1S/C24H30N4O2/c25-10-3-11-28-19-21(22-4-1-2-5-23(22)28)6-7-24(29)27-12-8-20(9-13-27)18-26-14-16-30-17-15-26/h1-2,4-7,19-20H,3,8-9,11-18H2/b7-6+. The average Bonchev–Trinajstić information content (AvgIpc) is 3.15. The average molecular weight is 407 g/mol. The van der Waals surface area contributed by atoms with Crippen LogP contribution in [0.5, 0.6) is 0 Å². The number of carbonyl (C=O) groups is 1. The Labute approximate surface area is 178 Å². The summed E-state index contributed by atoms with van der Waals surface area (Å²) in [6.45, 7) is 7.21. The van der Waals surface area contributed by atoms with Gasteiger partial charge in [0.2, 0.25) is 5.91 Å². The molecule has 1 aromatic heterocycles. The van der Waals surface area contributed by atoms with Crippen molar-refractivity contribution >= 4 is 22.9 Å². The molecule has 0 spiro atoms. The number of para-hydroxylation sites is 1. The maximum atomic E-state index is 12.7. The molecule has 30 heavy (non-hydrogen) atoms. The molecular formula is C24H30N4O2. The number of benzene rings is 1. The second kappa shape index (κ2) is 9.92. The Hall–Kier alpha value is -2.62. The zero-order valence-corrected chi connectivity index (χ0v) is 17.5. The molecule has 6 heteroatoms. The van der Waals surface area contributed by atoms with Gasteiger partial charge in [-0.05, 0) is 30.9 Å². The molecule has 0 unspecified atom stereocenters. The van der Waals surface area contributed by atoms with Crippen molar-refractivity contribution in [3.05, 3.63) is 42.1 Å². The van der Waals surface area contributed by atoms with Crippen LogP contribution >= 0.6 is 0 Å². The fourth-order valence-electron chi connectivity index (χ4n) is 4.51. The summed E-state index contributed by atoms with van der Waals surface area (Å²) in [7, 11) is 0. The van der Waals surface area contributed by atoms with E-state index in [4.69, 9.17) is 10.00 Å². The molecule has 0 aliphatic carbocycles. The van der Waals surface area contributed by atoms with Gasteiger partial charge in [0.25, 0.3) is 0 Å². The molecule has 6 nitrogen and oxygen atoms in total. The van der Waals surface area contributed by atoms with Crippen LogP contribution in [0.4, 0.5) is 0 Å². The first-order valence-electron chi connectivity index (χ1n) is 11.0. The molecule has 3 heterocycles. The lowest BCUT2D eigenvalue weighted by atomic mass is 9.96. The van der Waals surface area contributed by atoms with E-state index in [-0.39, 0.29) is 5.91 Å². The Morgan fingerprint density at radius 2 is 1.93 bits per heavy atom. The van der Waals surface area contributed by atoms with E-state index in [9.17, 15) is 4.79 Å². The molecule has 2 aliphatic rings. The molecule has 2 aliphatic heterocycles. The van der Waals surface area contributed by atoms with Crippen LogP contribution in [-0.4, -0.2) is 66.2 Å². The summed E-state index contributed by atoms with van der Waals surface area (Å²) in [5, 5.41) is 10.0. The van der Waals surface area contributed by atoms with E-state index >= 15 is 0 Å². The van der Waals surface area contributed by atoms with E-state index in [1.807, 2.05) is 29.3 Å². The first-order valence-corrected chi connectivity index (χ1v) is 11.0. The minimum Gasteiger partial charge on any atom is -0.379 e. The van der Waals surface area contributed by atoms with Crippen molar-refractivity contribution in [3.8, 4) is 6.07 Å². The van der Waals surface area contributed by atoms with Gasteiger partial charge >= 0.3 is 0 Å². The summed E-state index contributed by atoms with van der Waals surface area (Å²) in [6, 6.07) is 10.3. The summed E-state index contributed by atoms with van der Waals surface area (Å²) < 4.78 is 7.53. The Balaban J connectivity index is 1.35. The molecule has 4 rings (SSSR count). The highest BCUT2D eigenvalue weighted by atomic mass is 16.5. The van der Waals surface area contributed by atoms with E-state index in [2.05, 4.69) is 27.7 Å². The molecule has 0 N–H and O–H groups in total. The van der Waals surface area contributed by atoms with Gasteiger partial charge in [-0.3, -0.25) is 9.69 Å². The number of nitrogens with zero attached hydrogens (tertiary/aromatic N) is 4. The minimum absolute atomic E-state index is 0.0914. The van der Waals surface area contributed by atoms with Gasteiger partial charge in [0.15, 0.2) is 0 Å². The second-order valence-corrected chi connectivity index (χ2v) is 8.22. The number of hydrogen-bond acceptors (Lipinski definition) is 4. The fraction of sp³-hybridized carbons (Fsp3) is 0.500. The number of aromatic nitrogens is 1. The van der Waals surface area contributed by atoms with E-state index in [1.165, 1.54) is 0 Å². The van der Waals surface area contributed by atoms with Crippen molar-refractivity contribution in [2.45, 2.75) is 25.8 Å². The predicted octanol–water partition coefficient (Wildman–Crippen LogP) is 3.14. The Bertz CT molecular complexity index is 928. The van der Waals surface area contributed by atoms with Crippen molar-refractivity contribution < 1.29 is 9.53 Å². The van der Waals surface area contributed by atoms with Crippen molar-refractivity contribution in [2.24, 2.45) is 5.92 Å². The zero-order valence-electron chi connectivity index (χ0n) is 17.5. The normalized spacial score (nSPS) is 18.8. The number of nitriles is 1. The van der Waals surface area contributed by atoms with Crippen molar-refractivity contribution in [1.29, 1.82) is 5.26 Å². The summed E-state index contributed by atoms with van der Waals surface area (Å²) in [5.74, 6) is 0.767. The van der Waals surface area contributed by atoms with Crippen LogP contribution in [0.2, 0.25) is 0 Å². The van der Waals surface area contributed by atoms with Gasteiger partial charge in [-0.15, -0.1) is 0 Å². The number of fused-ring (bicyclic) bond motifs is 1. The van der Waals surface area contributed by atoms with Crippen LogP contribution in [0.1, 0.15) is 24.8 Å². The lowest BCUT2D eigenvalue weighted by molar-refractivity contribution is -0.127. The van der Waals surface area contributed by atoms with Gasteiger partial charge in [0, 0.05) is 68.0 Å². The SMILES string of the molecule is N#CCCn1cc(/C=C/C(=O)N2CCC(CN3CCOCC3)CC2)c2ccccc21. The number of aryl methyl sites for hydroxylation is 1. The van der Waals surface area contributed by atoms with Crippen molar-refractivity contribution in [2.75, 3.05) is 45.9 Å². The van der Waals surface area contributed by atoms with Crippen LogP contribution < -0.4 is 0 Å². The molecule has 0 bridgehead atoms. The first kappa shape index (κ1) is 20.6. The second-order valence-electron chi connectivity index (χ2n) is 8.22. The number of morpholine rings is 1. The van der Waals surface area contributed by atoms with Crippen LogP contribution in [0, 0.1) is 17.2 Å². The fourth-order valence-corrected chi connectivity index (χ4v) is 4.51. The molecule has 1 amide bonds. The number of carbonyl (C=O) groups excluding carboxylic acids is 1. The number of amides is 1. The summed E-state index contributed by atoms with van der Waals surface area (Å²) in [4.78, 5) is 17.2. The molecule has 2 aromatic rings. The summed E-state index contributed by atoms with van der Waals surface area (Å²) >= 11 is 0. The lowest BCUT2D eigenvalue weighted by Gasteiger charge is -2.35. The molecule has 1 aromatic carbocycles. The van der Waals surface area contributed by atoms with Gasteiger partial charge in [-0.2, -0.15) is 5.26 Å². The number of ether oxygens (including phenoxy) is 1. The Morgan fingerprint density at radius 3 is 2.70 bits per heavy atom. The molecule has 0 atom stereocenters. The highest BCUT2D eigenvalue weighted by molar-refractivity contribution is 5.96.